The zero-order valence-electron chi connectivity index (χ0n) is 15.9. The first kappa shape index (κ1) is 18.3. The number of ether oxygens (including phenoxy) is 1. The van der Waals surface area contributed by atoms with Gasteiger partial charge in [0, 0.05) is 12.4 Å². The minimum absolute atomic E-state index is 0.263. The van der Waals surface area contributed by atoms with E-state index in [2.05, 4.69) is 19.9 Å². The summed E-state index contributed by atoms with van der Waals surface area (Å²) in [6.45, 7) is 0. The molecule has 0 aliphatic carbocycles. The van der Waals surface area contributed by atoms with Gasteiger partial charge in [0.25, 0.3) is 5.56 Å². The Morgan fingerprint density at radius 3 is 2.70 bits per heavy atom. The van der Waals surface area contributed by atoms with Crippen molar-refractivity contribution in [2.75, 3.05) is 13.4 Å². The van der Waals surface area contributed by atoms with Crippen molar-refractivity contribution in [3.8, 4) is 5.82 Å². The van der Waals surface area contributed by atoms with Crippen molar-refractivity contribution in [3.63, 3.8) is 0 Å². The zero-order chi connectivity index (χ0) is 20.8. The first-order valence-electron chi connectivity index (χ1n) is 8.91. The van der Waals surface area contributed by atoms with Crippen LogP contribution in [-0.4, -0.2) is 48.5 Å². The van der Waals surface area contributed by atoms with Gasteiger partial charge in [-0.3, -0.25) is 4.79 Å². The molecule has 5 rings (SSSR count). The summed E-state index contributed by atoms with van der Waals surface area (Å²) in [7, 11) is 1.31. The largest absolute Gasteiger partial charge is 0.465 e. The minimum atomic E-state index is -0.525. The van der Waals surface area contributed by atoms with Crippen molar-refractivity contribution in [1.82, 2.24) is 29.1 Å². The number of hydrogen-bond acceptors (Lipinski definition) is 8. The smallest absolute Gasteiger partial charge is 0.338 e. The molecule has 0 spiro atoms. The third kappa shape index (κ3) is 2.57. The summed E-state index contributed by atoms with van der Waals surface area (Å²) in [5, 5.41) is 1.25. The molecule has 5 aromatic rings. The molecule has 30 heavy (non-hydrogen) atoms. The highest BCUT2D eigenvalue weighted by Gasteiger charge is 2.23. The second-order valence-corrected chi connectivity index (χ2v) is 7.11. The van der Waals surface area contributed by atoms with Gasteiger partial charge in [0.2, 0.25) is 0 Å². The molecule has 1 aromatic carbocycles. The second kappa shape index (κ2) is 6.92. The van der Waals surface area contributed by atoms with Crippen molar-refractivity contribution < 1.29 is 9.53 Å². The van der Waals surface area contributed by atoms with E-state index in [-0.39, 0.29) is 16.6 Å². The summed E-state index contributed by atoms with van der Waals surface area (Å²) >= 11 is 1.35. The predicted octanol–water partition coefficient (Wildman–Crippen LogP) is 2.49. The third-order valence-electron chi connectivity index (χ3n) is 4.73. The van der Waals surface area contributed by atoms with E-state index in [1.807, 2.05) is 12.3 Å². The number of benzene rings is 1. The van der Waals surface area contributed by atoms with Crippen LogP contribution in [0.3, 0.4) is 0 Å². The average molecular weight is 418 g/mol. The van der Waals surface area contributed by atoms with Crippen LogP contribution in [0.4, 0.5) is 0 Å². The molecule has 9 nitrogen and oxygen atoms in total. The normalized spacial score (nSPS) is 11.4. The summed E-state index contributed by atoms with van der Waals surface area (Å²) in [4.78, 5) is 43.6. The second-order valence-electron chi connectivity index (χ2n) is 6.34. The summed E-state index contributed by atoms with van der Waals surface area (Å²) < 4.78 is 7.98. The molecule has 0 aliphatic rings. The number of aromatic nitrogens is 6. The molecule has 0 radical (unpaired) electrons. The molecule has 4 aromatic heterocycles. The van der Waals surface area contributed by atoms with Crippen LogP contribution in [0.5, 0.6) is 0 Å². The molecule has 0 N–H and O–H groups in total. The Kier molecular flexibility index (Phi) is 4.21. The van der Waals surface area contributed by atoms with Crippen LogP contribution in [0.25, 0.3) is 33.4 Å². The third-order valence-corrected chi connectivity index (χ3v) is 5.29. The van der Waals surface area contributed by atoms with Crippen molar-refractivity contribution in [1.29, 1.82) is 0 Å². The highest BCUT2D eigenvalue weighted by molar-refractivity contribution is 7.98. The van der Waals surface area contributed by atoms with Gasteiger partial charge < -0.3 is 4.74 Å². The summed E-state index contributed by atoms with van der Waals surface area (Å²) in [6, 6.07) is 10.5. The van der Waals surface area contributed by atoms with Crippen LogP contribution >= 0.6 is 11.8 Å². The molecule has 0 bridgehead atoms. The van der Waals surface area contributed by atoms with Crippen molar-refractivity contribution in [2.24, 2.45) is 0 Å². The lowest BCUT2D eigenvalue weighted by molar-refractivity contribution is 0.0603. The topological polar surface area (TPSA) is 104 Å². The SMILES string of the molecule is COC(=O)c1cccc2c1c1nc3nc(SC)ncc3c(=O)n1n2-c1ccccn1. The van der Waals surface area contributed by atoms with E-state index in [0.29, 0.717) is 33.1 Å². The van der Waals surface area contributed by atoms with E-state index in [1.54, 1.807) is 41.2 Å². The molecular weight excluding hydrogens is 404 g/mol. The van der Waals surface area contributed by atoms with Crippen LogP contribution in [0.1, 0.15) is 10.4 Å². The first-order valence-corrected chi connectivity index (χ1v) is 10.1. The number of carbonyl (C=O) groups excluding carboxylic acids is 1. The molecule has 148 valence electrons. The lowest BCUT2D eigenvalue weighted by Gasteiger charge is -2.07. The van der Waals surface area contributed by atoms with Gasteiger partial charge in [-0.15, -0.1) is 0 Å². The van der Waals surface area contributed by atoms with Gasteiger partial charge in [-0.2, -0.15) is 4.52 Å². The van der Waals surface area contributed by atoms with E-state index < -0.39 is 5.97 Å². The van der Waals surface area contributed by atoms with Crippen LogP contribution in [-0.2, 0) is 4.74 Å². The summed E-state index contributed by atoms with van der Waals surface area (Å²) in [6.07, 6.45) is 4.94. The van der Waals surface area contributed by atoms with E-state index >= 15 is 0 Å². The fourth-order valence-electron chi connectivity index (χ4n) is 3.44. The van der Waals surface area contributed by atoms with Gasteiger partial charge in [0.15, 0.2) is 22.3 Å². The monoisotopic (exact) mass is 418 g/mol. The van der Waals surface area contributed by atoms with E-state index in [9.17, 15) is 9.59 Å². The maximum absolute atomic E-state index is 13.5. The Morgan fingerprint density at radius 2 is 1.97 bits per heavy atom. The molecule has 0 unspecified atom stereocenters. The first-order chi connectivity index (χ1) is 14.6. The molecule has 4 heterocycles. The van der Waals surface area contributed by atoms with Crippen molar-refractivity contribution in [3.05, 3.63) is 64.7 Å². The fraction of sp³-hybridized carbons (Fsp3) is 0.100. The van der Waals surface area contributed by atoms with Crippen molar-refractivity contribution in [2.45, 2.75) is 5.16 Å². The van der Waals surface area contributed by atoms with E-state index in [1.165, 1.54) is 29.6 Å². The maximum atomic E-state index is 13.5. The Balaban J connectivity index is 2.06. The Bertz CT molecular complexity index is 1510. The zero-order valence-corrected chi connectivity index (χ0v) is 16.8. The molecule has 0 atom stereocenters. The average Bonchev–Trinajstić information content (AvgIpc) is 3.13. The summed E-state index contributed by atoms with van der Waals surface area (Å²) in [5.41, 5.74) is 1.08. The highest BCUT2D eigenvalue weighted by Crippen LogP contribution is 2.28. The number of nitrogens with zero attached hydrogens (tertiary/aromatic N) is 6. The molecule has 0 saturated heterocycles. The fourth-order valence-corrected chi connectivity index (χ4v) is 3.78. The number of hydrogen-bond donors (Lipinski definition) is 0. The Hall–Kier alpha value is -3.79. The Morgan fingerprint density at radius 1 is 1.10 bits per heavy atom. The number of pyridine rings is 1. The number of esters is 1. The molecule has 0 fully saturated rings. The van der Waals surface area contributed by atoms with Gasteiger partial charge in [-0.25, -0.2) is 29.4 Å². The number of thioether (sulfide) groups is 1. The molecular formula is C20H14N6O3S. The van der Waals surface area contributed by atoms with Gasteiger partial charge >= 0.3 is 5.97 Å². The van der Waals surface area contributed by atoms with Gasteiger partial charge in [-0.05, 0) is 30.5 Å². The Labute approximate surface area is 173 Å². The van der Waals surface area contributed by atoms with E-state index in [0.717, 1.165) is 0 Å². The van der Waals surface area contributed by atoms with Crippen LogP contribution in [0.15, 0.2) is 58.7 Å². The standard InChI is InChI=1S/C20H14N6O3S/c1-29-19(28)11-6-5-7-13-15(11)17-23-16-12(10-22-20(24-16)30-2)18(27)26(17)25(13)14-8-3-4-9-21-14/h3-10H,1-2H3. The number of rotatable bonds is 3. The van der Waals surface area contributed by atoms with Crippen molar-refractivity contribution >= 4 is 45.3 Å². The number of carbonyl (C=O) groups is 1. The molecule has 0 saturated carbocycles. The molecule has 0 amide bonds. The van der Waals surface area contributed by atoms with Crippen LogP contribution in [0.2, 0.25) is 0 Å². The van der Waals surface area contributed by atoms with Gasteiger partial charge in [0.1, 0.15) is 5.39 Å². The lowest BCUT2D eigenvalue weighted by Crippen LogP contribution is -2.22. The van der Waals surface area contributed by atoms with Gasteiger partial charge in [-0.1, -0.05) is 23.9 Å². The molecule has 0 aliphatic heterocycles. The van der Waals surface area contributed by atoms with Crippen LogP contribution < -0.4 is 5.56 Å². The van der Waals surface area contributed by atoms with Crippen LogP contribution in [0, 0.1) is 0 Å². The number of fused-ring (bicyclic) bond motifs is 4. The maximum Gasteiger partial charge on any atom is 0.338 e. The predicted molar refractivity (Wildman–Crippen MR) is 112 cm³/mol. The van der Waals surface area contributed by atoms with Gasteiger partial charge in [0.05, 0.1) is 23.6 Å². The minimum Gasteiger partial charge on any atom is -0.465 e. The highest BCUT2D eigenvalue weighted by atomic mass is 32.2. The van der Waals surface area contributed by atoms with E-state index in [4.69, 9.17) is 4.74 Å². The lowest BCUT2D eigenvalue weighted by atomic mass is 10.1. The number of methoxy groups -OCH3 is 1. The summed E-state index contributed by atoms with van der Waals surface area (Å²) in [5.74, 6) is -0.0208. The molecule has 10 heteroatoms. The quantitative estimate of drug-likeness (QED) is 0.250.